The Morgan fingerprint density at radius 2 is 1.69 bits per heavy atom. The highest BCUT2D eigenvalue weighted by atomic mass is 79.9. The summed E-state index contributed by atoms with van der Waals surface area (Å²) in [6.07, 6.45) is 0. The van der Waals surface area contributed by atoms with Gasteiger partial charge in [-0.15, -0.1) is 0 Å². The lowest BCUT2D eigenvalue weighted by Gasteiger charge is -2.16. The van der Waals surface area contributed by atoms with Crippen LogP contribution < -0.4 is 0 Å². The Hall–Kier alpha value is 0.01000. The summed E-state index contributed by atoms with van der Waals surface area (Å²) in [7, 11) is 0. The second-order valence-corrected chi connectivity index (χ2v) is 4.75. The fourth-order valence-corrected chi connectivity index (χ4v) is 2.08. The maximum atomic E-state index is 3.42. The lowest BCUT2D eigenvalue weighted by Crippen LogP contribution is -2.13. The lowest BCUT2D eigenvalue weighted by molar-refractivity contribution is 0.525. The van der Waals surface area contributed by atoms with Crippen LogP contribution in [0.4, 0.5) is 0 Å². The van der Waals surface area contributed by atoms with Gasteiger partial charge in [0.25, 0.3) is 0 Å². The largest absolute Gasteiger partial charge is 0.247 e. The van der Waals surface area contributed by atoms with E-state index in [2.05, 4.69) is 58.3 Å². The third-order valence-electron chi connectivity index (χ3n) is 1.75. The van der Waals surface area contributed by atoms with Crippen LogP contribution in [0.1, 0.15) is 13.8 Å². The molecule has 1 rings (SSSR count). The van der Waals surface area contributed by atoms with Crippen LogP contribution in [0.2, 0.25) is 0 Å². The molecule has 0 N–H and O–H groups in total. The minimum atomic E-state index is 1.08. The first-order chi connectivity index (χ1) is 6.26. The fraction of sp³-hybridized carbons (Fsp3) is 0.400. The van der Waals surface area contributed by atoms with E-state index in [1.54, 1.807) is 0 Å². The standard InChI is InChI=1S/C10H14BrNS/c1-3-12(4-2)13-10-7-5-9(11)6-8-10/h5-8H,3-4H2,1-2H3. The van der Waals surface area contributed by atoms with Crippen LogP contribution in [0.3, 0.4) is 0 Å². The van der Waals surface area contributed by atoms with E-state index in [-0.39, 0.29) is 0 Å². The van der Waals surface area contributed by atoms with E-state index in [0.29, 0.717) is 0 Å². The zero-order valence-corrected chi connectivity index (χ0v) is 10.4. The first-order valence-electron chi connectivity index (χ1n) is 4.44. The Morgan fingerprint density at radius 3 is 2.15 bits per heavy atom. The predicted molar refractivity (Wildman–Crippen MR) is 62.9 cm³/mol. The number of nitrogens with zero attached hydrogens (tertiary/aromatic N) is 1. The molecule has 0 unspecified atom stereocenters. The van der Waals surface area contributed by atoms with Crippen LogP contribution in [-0.4, -0.2) is 17.4 Å². The number of benzene rings is 1. The predicted octanol–water partition coefficient (Wildman–Crippen LogP) is 3.80. The van der Waals surface area contributed by atoms with E-state index in [1.165, 1.54) is 4.90 Å². The molecule has 0 radical (unpaired) electrons. The molecule has 0 heterocycles. The first kappa shape index (κ1) is 11.1. The quantitative estimate of drug-likeness (QED) is 0.757. The topological polar surface area (TPSA) is 3.24 Å². The molecule has 0 amide bonds. The summed E-state index contributed by atoms with van der Waals surface area (Å²) in [5, 5.41) is 0. The summed E-state index contributed by atoms with van der Waals surface area (Å²) >= 11 is 5.23. The SMILES string of the molecule is CCN(CC)Sc1ccc(Br)cc1. The van der Waals surface area contributed by atoms with E-state index >= 15 is 0 Å². The molecule has 13 heavy (non-hydrogen) atoms. The second kappa shape index (κ2) is 5.68. The van der Waals surface area contributed by atoms with Gasteiger partial charge in [-0.3, -0.25) is 0 Å². The minimum absolute atomic E-state index is 1.08. The Bertz CT molecular complexity index is 244. The highest BCUT2D eigenvalue weighted by molar-refractivity contribution is 9.10. The smallest absolute Gasteiger partial charge is 0.0231 e. The van der Waals surface area contributed by atoms with Gasteiger partial charge in [0.1, 0.15) is 0 Å². The molecule has 0 aromatic heterocycles. The van der Waals surface area contributed by atoms with E-state index in [4.69, 9.17) is 0 Å². The molecule has 72 valence electrons. The van der Waals surface area contributed by atoms with E-state index in [1.807, 2.05) is 11.9 Å². The van der Waals surface area contributed by atoms with Crippen molar-refractivity contribution in [3.05, 3.63) is 28.7 Å². The molecule has 0 aliphatic rings. The van der Waals surface area contributed by atoms with Gasteiger partial charge in [0.05, 0.1) is 0 Å². The molecule has 0 fully saturated rings. The first-order valence-corrected chi connectivity index (χ1v) is 6.01. The highest BCUT2D eigenvalue weighted by Gasteiger charge is 2.00. The van der Waals surface area contributed by atoms with Crippen LogP contribution in [0.5, 0.6) is 0 Å². The summed E-state index contributed by atoms with van der Waals surface area (Å²) in [5.41, 5.74) is 0. The van der Waals surface area contributed by atoms with Crippen LogP contribution in [0.15, 0.2) is 33.6 Å². The lowest BCUT2D eigenvalue weighted by atomic mass is 10.4. The number of hydrogen-bond acceptors (Lipinski definition) is 2. The molecule has 0 aliphatic carbocycles. The molecule has 0 aliphatic heterocycles. The van der Waals surface area contributed by atoms with Gasteiger partial charge >= 0.3 is 0 Å². The molecule has 1 aromatic carbocycles. The molecule has 1 aromatic rings. The van der Waals surface area contributed by atoms with Gasteiger partial charge in [-0.25, -0.2) is 4.31 Å². The Balaban J connectivity index is 2.58. The van der Waals surface area contributed by atoms with Crippen LogP contribution in [-0.2, 0) is 0 Å². The molecule has 0 saturated carbocycles. The summed E-state index contributed by atoms with van der Waals surface area (Å²) in [5.74, 6) is 0. The fourth-order valence-electron chi connectivity index (χ4n) is 0.997. The third kappa shape index (κ3) is 3.71. The zero-order chi connectivity index (χ0) is 9.68. The van der Waals surface area contributed by atoms with Gasteiger partial charge < -0.3 is 0 Å². The average Bonchev–Trinajstić information content (AvgIpc) is 2.17. The van der Waals surface area contributed by atoms with Crippen molar-refractivity contribution in [2.45, 2.75) is 18.7 Å². The monoisotopic (exact) mass is 259 g/mol. The number of halogens is 1. The molecule has 0 bridgehead atoms. The van der Waals surface area contributed by atoms with Crippen molar-refractivity contribution >= 4 is 27.9 Å². The summed E-state index contributed by atoms with van der Waals surface area (Å²) < 4.78 is 3.46. The number of rotatable bonds is 4. The van der Waals surface area contributed by atoms with Gasteiger partial charge in [0.15, 0.2) is 0 Å². The van der Waals surface area contributed by atoms with Gasteiger partial charge in [-0.05, 0) is 36.2 Å². The van der Waals surface area contributed by atoms with Gasteiger partial charge in [0.2, 0.25) is 0 Å². The van der Waals surface area contributed by atoms with Crippen molar-refractivity contribution in [3.8, 4) is 0 Å². The molecule has 3 heteroatoms. The normalized spacial score (nSPS) is 10.8. The third-order valence-corrected chi connectivity index (χ3v) is 3.54. The Morgan fingerprint density at radius 1 is 1.15 bits per heavy atom. The van der Waals surface area contributed by atoms with Crippen molar-refractivity contribution < 1.29 is 0 Å². The minimum Gasteiger partial charge on any atom is -0.247 e. The molecule has 0 atom stereocenters. The van der Waals surface area contributed by atoms with E-state index < -0.39 is 0 Å². The Labute approximate surface area is 92.8 Å². The summed E-state index contributed by atoms with van der Waals surface area (Å²) in [6.45, 7) is 6.51. The van der Waals surface area contributed by atoms with Crippen molar-refractivity contribution in [1.82, 2.24) is 4.31 Å². The van der Waals surface area contributed by atoms with Gasteiger partial charge in [0, 0.05) is 22.5 Å². The van der Waals surface area contributed by atoms with Crippen molar-refractivity contribution in [2.75, 3.05) is 13.1 Å². The Kier molecular flexibility index (Phi) is 4.84. The van der Waals surface area contributed by atoms with Crippen molar-refractivity contribution in [2.24, 2.45) is 0 Å². The molecular weight excluding hydrogens is 246 g/mol. The average molecular weight is 260 g/mol. The van der Waals surface area contributed by atoms with E-state index in [9.17, 15) is 0 Å². The van der Waals surface area contributed by atoms with Crippen LogP contribution >= 0.6 is 27.9 Å². The van der Waals surface area contributed by atoms with Crippen molar-refractivity contribution in [1.29, 1.82) is 0 Å². The molecule has 0 saturated heterocycles. The van der Waals surface area contributed by atoms with Crippen LogP contribution in [0.25, 0.3) is 0 Å². The second-order valence-electron chi connectivity index (χ2n) is 2.66. The number of hydrogen-bond donors (Lipinski definition) is 0. The molecule has 0 spiro atoms. The van der Waals surface area contributed by atoms with E-state index in [0.717, 1.165) is 17.6 Å². The maximum absolute atomic E-state index is 3.42. The molecule has 1 nitrogen and oxygen atoms in total. The van der Waals surface area contributed by atoms with Crippen LogP contribution in [0, 0.1) is 0 Å². The van der Waals surface area contributed by atoms with Crippen molar-refractivity contribution in [3.63, 3.8) is 0 Å². The molecular formula is C10H14BrNS. The zero-order valence-electron chi connectivity index (χ0n) is 7.96. The summed E-state index contributed by atoms with van der Waals surface area (Å²) in [6, 6.07) is 8.41. The van der Waals surface area contributed by atoms with Gasteiger partial charge in [-0.1, -0.05) is 29.8 Å². The van der Waals surface area contributed by atoms with Gasteiger partial charge in [-0.2, -0.15) is 0 Å². The highest BCUT2D eigenvalue weighted by Crippen LogP contribution is 2.23. The summed E-state index contributed by atoms with van der Waals surface area (Å²) in [4.78, 5) is 1.30. The maximum Gasteiger partial charge on any atom is 0.0231 e.